The first-order chi connectivity index (χ1) is 25.7. The Hall–Kier alpha value is -5.93. The van der Waals surface area contributed by atoms with Gasteiger partial charge in [-0.15, -0.1) is 11.3 Å². The smallest absolute Gasteiger partial charge is 0.235 e. The summed E-state index contributed by atoms with van der Waals surface area (Å²) >= 11 is 1.91. The first-order valence-corrected chi connectivity index (χ1v) is 19.7. The van der Waals surface area contributed by atoms with Crippen molar-refractivity contribution in [2.24, 2.45) is 0 Å². The van der Waals surface area contributed by atoms with Gasteiger partial charge in [0.05, 0.1) is 29.7 Å². The number of hydrogen-bond donors (Lipinski definition) is 0. The molecule has 2 aromatic heterocycles. The molecule has 0 spiro atoms. The number of aromatic nitrogens is 2. The summed E-state index contributed by atoms with van der Waals surface area (Å²) in [5, 5.41) is 11.3. The fraction of sp³-hybridized carbons (Fsp3) is 0.0213. The first kappa shape index (κ1) is 29.8. The highest BCUT2D eigenvalue weighted by atomic mass is 32.1. The van der Waals surface area contributed by atoms with Crippen LogP contribution in [0, 0.1) is 6.92 Å². The second-order valence-electron chi connectivity index (χ2n) is 13.4. The predicted molar refractivity (Wildman–Crippen MR) is 224 cm³/mol. The number of hydrogen-bond acceptors (Lipinski definition) is 4. The molecule has 10 aromatic rings. The average Bonchev–Trinajstić information content (AvgIpc) is 3.61. The van der Waals surface area contributed by atoms with Crippen LogP contribution in [-0.4, -0.2) is 9.97 Å². The van der Waals surface area contributed by atoms with Crippen LogP contribution in [0.3, 0.4) is 0 Å². The summed E-state index contributed by atoms with van der Waals surface area (Å²) in [7, 11) is -1.17. The Morgan fingerprint density at radius 3 is 2.02 bits per heavy atom. The molecule has 3 heterocycles. The van der Waals surface area contributed by atoms with E-state index in [1.165, 1.54) is 74.7 Å². The Kier molecular flexibility index (Phi) is 6.61. The van der Waals surface area contributed by atoms with E-state index in [0.29, 0.717) is 0 Å². The molecule has 11 rings (SSSR count). The maximum Gasteiger partial charge on any atom is 0.235 e. The minimum absolute atomic E-state index is 0.721. The van der Waals surface area contributed by atoms with Crippen LogP contribution >= 0.6 is 19.4 Å². The molecule has 0 radical (unpaired) electrons. The van der Waals surface area contributed by atoms with Crippen molar-refractivity contribution in [3.05, 3.63) is 169 Å². The van der Waals surface area contributed by atoms with Crippen LogP contribution in [0.1, 0.15) is 5.56 Å². The maximum atomic E-state index is 5.60. The second kappa shape index (κ2) is 11.5. The Labute approximate surface area is 306 Å². The zero-order chi connectivity index (χ0) is 34.3. The van der Waals surface area contributed by atoms with E-state index in [4.69, 9.17) is 9.97 Å². The third-order valence-corrected chi connectivity index (χ3v) is 14.2. The number of thiophene rings is 1. The van der Waals surface area contributed by atoms with E-state index in [9.17, 15) is 0 Å². The van der Waals surface area contributed by atoms with E-state index >= 15 is 0 Å². The number of benzene rings is 8. The quantitative estimate of drug-likeness (QED) is 0.172. The van der Waals surface area contributed by atoms with Crippen LogP contribution in [0.15, 0.2) is 164 Å². The van der Waals surface area contributed by atoms with Crippen molar-refractivity contribution >= 4 is 94.3 Å². The van der Waals surface area contributed by atoms with Gasteiger partial charge < -0.3 is 0 Å². The molecule has 0 saturated carbocycles. The van der Waals surface area contributed by atoms with E-state index in [1.54, 1.807) is 0 Å². The van der Waals surface area contributed by atoms with Crippen molar-refractivity contribution in [1.29, 1.82) is 0 Å². The molecule has 244 valence electrons. The molecule has 0 amide bonds. The minimum Gasteiger partial charge on any atom is -0.278 e. The van der Waals surface area contributed by atoms with Crippen LogP contribution in [-0.2, 0) is 0 Å². The second-order valence-corrected chi connectivity index (χ2v) is 16.5. The number of para-hydroxylation sites is 1. The fourth-order valence-corrected chi connectivity index (χ4v) is 12.1. The molecule has 8 aromatic carbocycles. The third kappa shape index (κ3) is 4.29. The fourth-order valence-electron chi connectivity index (χ4n) is 8.21. The van der Waals surface area contributed by atoms with Crippen LogP contribution < -0.4 is 15.3 Å². The van der Waals surface area contributed by atoms with E-state index in [-0.39, 0.29) is 0 Å². The van der Waals surface area contributed by atoms with Crippen molar-refractivity contribution in [2.75, 3.05) is 4.67 Å². The van der Waals surface area contributed by atoms with Gasteiger partial charge in [0, 0.05) is 48.2 Å². The summed E-state index contributed by atoms with van der Waals surface area (Å²) in [6.07, 6.45) is 0. The SMILES string of the molecule is Cc1cccc2c1sc1c3c(c4ccccc4c12)-c1c(ccc2ccccc12)P(c1ccccc1)N3c1nc(-c2ccccc2)c2ccccc2n1. The van der Waals surface area contributed by atoms with Crippen LogP contribution in [0.25, 0.3) is 75.0 Å². The minimum atomic E-state index is -1.17. The lowest BCUT2D eigenvalue weighted by Crippen LogP contribution is -2.31. The van der Waals surface area contributed by atoms with E-state index < -0.39 is 8.07 Å². The van der Waals surface area contributed by atoms with Crippen molar-refractivity contribution in [3.8, 4) is 22.4 Å². The summed E-state index contributed by atoms with van der Waals surface area (Å²) in [5.41, 5.74) is 8.02. The highest BCUT2D eigenvalue weighted by molar-refractivity contribution is 7.75. The Bertz CT molecular complexity index is 3050. The molecule has 1 atom stereocenters. The largest absolute Gasteiger partial charge is 0.278 e. The van der Waals surface area contributed by atoms with Gasteiger partial charge >= 0.3 is 0 Å². The maximum absolute atomic E-state index is 5.60. The number of nitrogens with zero attached hydrogens (tertiary/aromatic N) is 3. The number of rotatable bonds is 3. The van der Waals surface area contributed by atoms with Gasteiger partial charge in [0.25, 0.3) is 0 Å². The van der Waals surface area contributed by atoms with Gasteiger partial charge in [-0.25, -0.2) is 9.97 Å². The van der Waals surface area contributed by atoms with Crippen LogP contribution in [0.5, 0.6) is 0 Å². The number of anilines is 2. The van der Waals surface area contributed by atoms with Gasteiger partial charge in [-0.05, 0) is 40.1 Å². The molecule has 0 bridgehead atoms. The molecule has 0 saturated heterocycles. The molecule has 1 unspecified atom stereocenters. The standard InChI is InChI=1S/C47H30N3PS/c1-29-15-14-25-37-40-34-22-10-11-23-35(34)42-41-33-21-9-8-16-30(33)27-28-39(41)51(32-19-6-3-7-20-32)50(44(42)46(40)52-45(29)37)47-48-38-26-13-12-24-36(38)43(49-47)31-17-4-2-5-18-31/h2-28H,1H3. The van der Waals surface area contributed by atoms with Gasteiger partial charge in [0.1, 0.15) is 0 Å². The summed E-state index contributed by atoms with van der Waals surface area (Å²) in [6, 6.07) is 59.3. The normalized spacial score (nSPS) is 14.0. The van der Waals surface area contributed by atoms with Gasteiger partial charge in [-0.3, -0.25) is 4.67 Å². The monoisotopic (exact) mass is 699 g/mol. The molecule has 0 N–H and O–H groups in total. The lowest BCUT2D eigenvalue weighted by Gasteiger charge is -2.40. The van der Waals surface area contributed by atoms with Crippen LogP contribution in [0.4, 0.5) is 11.6 Å². The van der Waals surface area contributed by atoms with E-state index in [0.717, 1.165) is 28.1 Å². The van der Waals surface area contributed by atoms with Crippen molar-refractivity contribution in [1.82, 2.24) is 9.97 Å². The molecule has 1 aliphatic heterocycles. The summed E-state index contributed by atoms with van der Waals surface area (Å²) in [6.45, 7) is 2.24. The van der Waals surface area contributed by atoms with Gasteiger partial charge in [0.15, 0.2) is 0 Å². The summed E-state index contributed by atoms with van der Waals surface area (Å²) in [4.78, 5) is 11.1. The molecular formula is C47H30N3PS. The van der Waals surface area contributed by atoms with Gasteiger partial charge in [-0.2, -0.15) is 0 Å². The Morgan fingerprint density at radius 2 is 1.19 bits per heavy atom. The topological polar surface area (TPSA) is 29.0 Å². The molecular weight excluding hydrogens is 670 g/mol. The zero-order valence-electron chi connectivity index (χ0n) is 28.3. The van der Waals surface area contributed by atoms with Crippen molar-refractivity contribution < 1.29 is 0 Å². The van der Waals surface area contributed by atoms with Crippen molar-refractivity contribution in [2.45, 2.75) is 6.92 Å². The molecule has 0 fully saturated rings. The highest BCUT2D eigenvalue weighted by Gasteiger charge is 2.39. The average molecular weight is 700 g/mol. The van der Waals surface area contributed by atoms with Crippen molar-refractivity contribution in [3.63, 3.8) is 0 Å². The molecule has 5 heteroatoms. The van der Waals surface area contributed by atoms with Gasteiger partial charge in [-0.1, -0.05) is 158 Å². The first-order valence-electron chi connectivity index (χ1n) is 17.6. The summed E-state index contributed by atoms with van der Waals surface area (Å²) < 4.78 is 5.14. The van der Waals surface area contributed by atoms with E-state index in [1.807, 2.05) is 11.3 Å². The molecule has 52 heavy (non-hydrogen) atoms. The number of fused-ring (bicyclic) bond motifs is 13. The summed E-state index contributed by atoms with van der Waals surface area (Å²) in [5.74, 6) is 0.721. The highest BCUT2D eigenvalue weighted by Crippen LogP contribution is 2.62. The Balaban J connectivity index is 1.38. The molecule has 0 aliphatic carbocycles. The van der Waals surface area contributed by atoms with E-state index in [2.05, 4.69) is 175 Å². The van der Waals surface area contributed by atoms with Gasteiger partial charge in [0.2, 0.25) is 5.95 Å². The lowest BCUT2D eigenvalue weighted by atomic mass is 9.90. The predicted octanol–water partition coefficient (Wildman–Crippen LogP) is 12.4. The zero-order valence-corrected chi connectivity index (χ0v) is 30.0. The van der Waals surface area contributed by atoms with Crippen LogP contribution in [0.2, 0.25) is 0 Å². The lowest BCUT2D eigenvalue weighted by molar-refractivity contribution is 1.17. The molecule has 3 nitrogen and oxygen atoms in total. The number of aryl methyl sites for hydroxylation is 1. The third-order valence-electron chi connectivity index (χ3n) is 10.5. The Morgan fingerprint density at radius 1 is 0.519 bits per heavy atom. The molecule has 1 aliphatic rings.